The van der Waals surface area contributed by atoms with Crippen molar-refractivity contribution in [2.24, 2.45) is 7.05 Å². The van der Waals surface area contributed by atoms with Crippen LogP contribution in [0.25, 0.3) is 0 Å². The van der Waals surface area contributed by atoms with Gasteiger partial charge in [0.1, 0.15) is 11.3 Å². The predicted molar refractivity (Wildman–Crippen MR) is 78.8 cm³/mol. The highest BCUT2D eigenvalue weighted by atomic mass is 32.2. The third kappa shape index (κ3) is 2.62. The van der Waals surface area contributed by atoms with Crippen molar-refractivity contribution in [3.05, 3.63) is 36.0 Å². The molecule has 0 radical (unpaired) electrons. The fourth-order valence-electron chi connectivity index (χ4n) is 1.98. The molecular formula is C13H15N3O5S. The zero-order chi connectivity index (χ0) is 16.5. The summed E-state index contributed by atoms with van der Waals surface area (Å²) < 4.78 is 32.3. The Hall–Kier alpha value is -2.55. The molecule has 9 heteroatoms. The molecule has 1 N–H and O–H groups in total. The maximum absolute atomic E-state index is 12.6. The van der Waals surface area contributed by atoms with E-state index in [2.05, 4.69) is 5.10 Å². The van der Waals surface area contributed by atoms with Gasteiger partial charge in [-0.3, -0.25) is 8.99 Å². The van der Waals surface area contributed by atoms with E-state index in [1.165, 1.54) is 50.2 Å². The number of aromatic nitrogens is 2. The first kappa shape index (κ1) is 15.8. The summed E-state index contributed by atoms with van der Waals surface area (Å²) in [5.41, 5.74) is -0.193. The molecule has 1 aromatic carbocycles. The first-order valence-corrected chi connectivity index (χ1v) is 7.61. The lowest BCUT2D eigenvalue weighted by Gasteiger charge is -2.20. The van der Waals surface area contributed by atoms with Crippen molar-refractivity contribution in [1.82, 2.24) is 9.78 Å². The first-order valence-electron chi connectivity index (χ1n) is 6.17. The number of aryl methyl sites for hydroxylation is 1. The Kier molecular flexibility index (Phi) is 4.09. The molecule has 2 rings (SSSR count). The summed E-state index contributed by atoms with van der Waals surface area (Å²) in [6.45, 7) is 0. The van der Waals surface area contributed by atoms with Crippen molar-refractivity contribution >= 4 is 21.8 Å². The number of carboxylic acids is 1. The fraction of sp³-hybridized carbons (Fsp3) is 0.231. The summed E-state index contributed by atoms with van der Waals surface area (Å²) in [6, 6.07) is 5.81. The van der Waals surface area contributed by atoms with Gasteiger partial charge in [-0.2, -0.15) is 5.10 Å². The molecule has 8 nitrogen and oxygen atoms in total. The van der Waals surface area contributed by atoms with E-state index in [9.17, 15) is 13.2 Å². The molecule has 0 aliphatic carbocycles. The second-order valence-corrected chi connectivity index (χ2v) is 6.43. The first-order chi connectivity index (χ1) is 10.3. The van der Waals surface area contributed by atoms with Gasteiger partial charge in [-0.15, -0.1) is 0 Å². The number of hydrogen-bond donors (Lipinski definition) is 1. The lowest BCUT2D eigenvalue weighted by atomic mass is 10.3. The van der Waals surface area contributed by atoms with Gasteiger partial charge in [0.05, 0.1) is 18.2 Å². The van der Waals surface area contributed by atoms with Gasteiger partial charge < -0.3 is 9.84 Å². The second-order valence-electron chi connectivity index (χ2n) is 4.46. The Bertz CT molecular complexity index is 796. The standard InChI is InChI=1S/C13H15N3O5S/c1-15-12(11(8-14-15)13(17)18)16(2)22(19,20)10-6-4-9(21-3)5-7-10/h4-8H,1-3H3,(H,17,18). The number of benzene rings is 1. The molecule has 0 fully saturated rings. The Morgan fingerprint density at radius 2 is 1.91 bits per heavy atom. The Morgan fingerprint density at radius 3 is 2.41 bits per heavy atom. The van der Waals surface area contributed by atoms with Crippen LogP contribution in [0, 0.1) is 0 Å². The summed E-state index contributed by atoms with van der Waals surface area (Å²) in [6.07, 6.45) is 1.11. The van der Waals surface area contributed by atoms with Crippen LogP contribution in [0.4, 0.5) is 5.82 Å². The molecule has 118 valence electrons. The third-order valence-electron chi connectivity index (χ3n) is 3.15. The second kappa shape index (κ2) is 5.68. The van der Waals surface area contributed by atoms with Crippen molar-refractivity contribution in [3.63, 3.8) is 0 Å². The van der Waals surface area contributed by atoms with Gasteiger partial charge in [0.25, 0.3) is 10.0 Å². The highest BCUT2D eigenvalue weighted by Gasteiger charge is 2.28. The van der Waals surface area contributed by atoms with Crippen molar-refractivity contribution in [1.29, 1.82) is 0 Å². The van der Waals surface area contributed by atoms with Crippen LogP contribution >= 0.6 is 0 Å². The van der Waals surface area contributed by atoms with E-state index in [1.807, 2.05) is 0 Å². The molecule has 0 amide bonds. The van der Waals surface area contributed by atoms with Crippen LogP contribution in [-0.4, -0.2) is 43.4 Å². The number of methoxy groups -OCH3 is 1. The number of aromatic carboxylic acids is 1. The maximum Gasteiger partial charge on any atom is 0.341 e. The maximum atomic E-state index is 12.6. The van der Waals surface area contributed by atoms with E-state index < -0.39 is 16.0 Å². The van der Waals surface area contributed by atoms with E-state index in [4.69, 9.17) is 9.84 Å². The molecule has 1 aromatic heterocycles. The van der Waals surface area contributed by atoms with Gasteiger partial charge in [-0.05, 0) is 24.3 Å². The van der Waals surface area contributed by atoms with E-state index in [0.717, 1.165) is 10.5 Å². The smallest absolute Gasteiger partial charge is 0.341 e. The number of nitrogens with zero attached hydrogens (tertiary/aromatic N) is 3. The molecule has 0 bridgehead atoms. The highest BCUT2D eigenvalue weighted by Crippen LogP contribution is 2.26. The molecule has 0 unspecified atom stereocenters. The number of sulfonamides is 1. The summed E-state index contributed by atoms with van der Waals surface area (Å²) in [4.78, 5) is 11.2. The number of carboxylic acid groups (broad SMARTS) is 1. The van der Waals surface area contributed by atoms with E-state index in [0.29, 0.717) is 5.75 Å². The van der Waals surface area contributed by atoms with Crippen LogP contribution < -0.4 is 9.04 Å². The zero-order valence-electron chi connectivity index (χ0n) is 12.2. The van der Waals surface area contributed by atoms with Gasteiger partial charge in [0.2, 0.25) is 0 Å². The van der Waals surface area contributed by atoms with Crippen molar-refractivity contribution in [3.8, 4) is 5.75 Å². The van der Waals surface area contributed by atoms with Crippen molar-refractivity contribution in [2.75, 3.05) is 18.5 Å². The van der Waals surface area contributed by atoms with Crippen LogP contribution in [-0.2, 0) is 17.1 Å². The molecule has 0 atom stereocenters. The molecular weight excluding hydrogens is 310 g/mol. The molecule has 0 saturated carbocycles. The highest BCUT2D eigenvalue weighted by molar-refractivity contribution is 7.92. The Labute approximate surface area is 127 Å². The van der Waals surface area contributed by atoms with Crippen LogP contribution in [0.2, 0.25) is 0 Å². The minimum absolute atomic E-state index is 0.0216. The van der Waals surface area contributed by atoms with E-state index >= 15 is 0 Å². The topological polar surface area (TPSA) is 102 Å². The van der Waals surface area contributed by atoms with E-state index in [-0.39, 0.29) is 16.3 Å². The number of carbonyl (C=O) groups is 1. The molecule has 2 aromatic rings. The summed E-state index contributed by atoms with van der Waals surface area (Å²) in [7, 11) is 0.320. The quantitative estimate of drug-likeness (QED) is 0.878. The Morgan fingerprint density at radius 1 is 1.32 bits per heavy atom. The molecule has 0 saturated heterocycles. The lowest BCUT2D eigenvalue weighted by Crippen LogP contribution is -2.29. The largest absolute Gasteiger partial charge is 0.497 e. The lowest BCUT2D eigenvalue weighted by molar-refractivity contribution is 0.0697. The third-order valence-corrected chi connectivity index (χ3v) is 4.92. The average molecular weight is 325 g/mol. The number of hydrogen-bond acceptors (Lipinski definition) is 5. The molecule has 0 aliphatic rings. The van der Waals surface area contributed by atoms with Crippen LogP contribution in [0.3, 0.4) is 0 Å². The predicted octanol–water partition coefficient (Wildman–Crippen LogP) is 0.952. The summed E-state index contributed by atoms with van der Waals surface area (Å²) in [5.74, 6) is -0.753. The Balaban J connectivity index is 2.49. The molecule has 0 spiro atoms. The summed E-state index contributed by atoms with van der Waals surface area (Å²) in [5, 5.41) is 12.9. The minimum atomic E-state index is -3.91. The average Bonchev–Trinajstić information content (AvgIpc) is 2.88. The van der Waals surface area contributed by atoms with Gasteiger partial charge in [-0.1, -0.05) is 0 Å². The molecule has 0 aliphatic heterocycles. The van der Waals surface area contributed by atoms with Gasteiger partial charge in [0, 0.05) is 14.1 Å². The SMILES string of the molecule is COc1ccc(S(=O)(=O)N(C)c2c(C(=O)O)cnn2C)cc1. The molecule has 1 heterocycles. The monoisotopic (exact) mass is 325 g/mol. The van der Waals surface area contributed by atoms with E-state index in [1.54, 1.807) is 0 Å². The summed E-state index contributed by atoms with van der Waals surface area (Å²) >= 11 is 0. The fourth-order valence-corrected chi connectivity index (χ4v) is 3.22. The number of rotatable bonds is 5. The number of ether oxygens (including phenoxy) is 1. The van der Waals surface area contributed by atoms with Crippen LogP contribution in [0.5, 0.6) is 5.75 Å². The van der Waals surface area contributed by atoms with Crippen molar-refractivity contribution in [2.45, 2.75) is 4.90 Å². The van der Waals surface area contributed by atoms with Crippen molar-refractivity contribution < 1.29 is 23.1 Å². The molecule has 22 heavy (non-hydrogen) atoms. The van der Waals surface area contributed by atoms with Gasteiger partial charge in [-0.25, -0.2) is 13.2 Å². The zero-order valence-corrected chi connectivity index (χ0v) is 13.0. The minimum Gasteiger partial charge on any atom is -0.497 e. The normalized spacial score (nSPS) is 11.2. The van der Waals surface area contributed by atoms with Gasteiger partial charge in [0.15, 0.2) is 5.82 Å². The number of anilines is 1. The van der Waals surface area contributed by atoms with Crippen LogP contribution in [0.15, 0.2) is 35.4 Å². The van der Waals surface area contributed by atoms with Crippen LogP contribution in [0.1, 0.15) is 10.4 Å². The van der Waals surface area contributed by atoms with Gasteiger partial charge >= 0.3 is 5.97 Å².